The Kier molecular flexibility index (Phi) is 3.79. The summed E-state index contributed by atoms with van der Waals surface area (Å²) in [6.45, 7) is 7.94. The van der Waals surface area contributed by atoms with Crippen molar-refractivity contribution in [2.24, 2.45) is 16.0 Å². The number of nitrogens with zero attached hydrogens (tertiary/aromatic N) is 6. The second kappa shape index (κ2) is 5.95. The Balaban J connectivity index is 1.36. The fraction of sp³-hybridized carbons (Fsp3) is 0.500. The van der Waals surface area contributed by atoms with Gasteiger partial charge in [-0.25, -0.2) is 0 Å². The highest BCUT2D eigenvalue weighted by Gasteiger charge is 2.48. The van der Waals surface area contributed by atoms with Crippen molar-refractivity contribution in [3.05, 3.63) is 28.7 Å². The average molecular weight is 417 g/mol. The van der Waals surface area contributed by atoms with Gasteiger partial charge in [-0.3, -0.25) is 24.5 Å². The number of hydrogen-bond acceptors (Lipinski definition) is 6. The first-order valence-corrected chi connectivity index (χ1v) is 9.68. The maximum absolute atomic E-state index is 12.9. The van der Waals surface area contributed by atoms with Gasteiger partial charge in [0.25, 0.3) is 5.91 Å². The van der Waals surface area contributed by atoms with Crippen molar-refractivity contribution in [3.8, 4) is 0 Å². The Morgan fingerprint density at radius 3 is 2.27 bits per heavy atom. The third-order valence-corrected chi connectivity index (χ3v) is 6.03. The molecule has 1 aromatic carbocycles. The summed E-state index contributed by atoms with van der Waals surface area (Å²) in [5.74, 6) is -0.397. The van der Waals surface area contributed by atoms with Crippen LogP contribution in [0.2, 0.25) is 0 Å². The lowest BCUT2D eigenvalue weighted by molar-refractivity contribution is -0.139. The highest BCUT2D eigenvalue weighted by molar-refractivity contribution is 9.10. The van der Waals surface area contributed by atoms with E-state index in [9.17, 15) is 4.79 Å². The van der Waals surface area contributed by atoms with Gasteiger partial charge in [0.05, 0.1) is 36.9 Å². The zero-order valence-electron chi connectivity index (χ0n) is 14.7. The Hall–Kier alpha value is -1.61. The lowest BCUT2D eigenvalue weighted by Crippen LogP contribution is -2.75. The number of carbonyl (C=O) groups is 1. The molecule has 1 amide bonds. The van der Waals surface area contributed by atoms with Crippen molar-refractivity contribution in [1.82, 2.24) is 14.7 Å². The molecule has 4 bridgehead atoms. The summed E-state index contributed by atoms with van der Waals surface area (Å²) in [5.41, 5.74) is 1.47. The molecule has 0 N–H and O–H groups in total. The SMILES string of the molecule is CC1=NN(c2ccc(Br)cc2)C(=O)[C@H]1C=NC12CN3CN(CN(C3)C1)C2. The minimum atomic E-state index is -0.369. The van der Waals surface area contributed by atoms with E-state index in [0.29, 0.717) is 0 Å². The van der Waals surface area contributed by atoms with Crippen LogP contribution in [-0.2, 0) is 4.79 Å². The van der Waals surface area contributed by atoms with Crippen LogP contribution in [-0.4, -0.2) is 77.7 Å². The topological polar surface area (TPSA) is 54.8 Å². The molecule has 0 radical (unpaired) electrons. The van der Waals surface area contributed by atoms with E-state index in [0.717, 1.165) is 55.5 Å². The fourth-order valence-corrected chi connectivity index (χ4v) is 4.82. The minimum Gasteiger partial charge on any atom is -0.286 e. The first-order chi connectivity index (χ1) is 12.5. The van der Waals surface area contributed by atoms with Crippen molar-refractivity contribution in [3.63, 3.8) is 0 Å². The van der Waals surface area contributed by atoms with Crippen LogP contribution in [0.5, 0.6) is 0 Å². The van der Waals surface area contributed by atoms with Gasteiger partial charge >= 0.3 is 0 Å². The van der Waals surface area contributed by atoms with Gasteiger partial charge in [-0.05, 0) is 31.2 Å². The van der Waals surface area contributed by atoms with Gasteiger partial charge in [-0.15, -0.1) is 0 Å². The molecule has 1 aromatic rings. The third kappa shape index (κ3) is 2.72. The van der Waals surface area contributed by atoms with E-state index in [2.05, 4.69) is 35.7 Å². The second-order valence-electron chi connectivity index (χ2n) is 7.76. The summed E-state index contributed by atoms with van der Waals surface area (Å²) >= 11 is 3.42. The molecule has 0 saturated carbocycles. The highest BCUT2D eigenvalue weighted by atomic mass is 79.9. The van der Waals surface area contributed by atoms with Crippen LogP contribution in [0, 0.1) is 5.92 Å². The smallest absolute Gasteiger partial charge is 0.261 e. The van der Waals surface area contributed by atoms with Crippen molar-refractivity contribution < 1.29 is 4.79 Å². The molecule has 0 aliphatic carbocycles. The number of halogens is 1. The van der Waals surface area contributed by atoms with Gasteiger partial charge in [0.2, 0.25) is 0 Å². The monoisotopic (exact) mass is 416 g/mol. The Morgan fingerprint density at radius 2 is 1.69 bits per heavy atom. The van der Waals surface area contributed by atoms with E-state index in [1.54, 1.807) is 0 Å². The summed E-state index contributed by atoms with van der Waals surface area (Å²) in [4.78, 5) is 25.1. The number of hydrazone groups is 1. The van der Waals surface area contributed by atoms with Crippen molar-refractivity contribution >= 4 is 39.5 Å². The molecule has 136 valence electrons. The van der Waals surface area contributed by atoms with Crippen molar-refractivity contribution in [2.75, 3.05) is 44.6 Å². The van der Waals surface area contributed by atoms with Crippen LogP contribution >= 0.6 is 15.9 Å². The van der Waals surface area contributed by atoms with Crippen LogP contribution in [0.3, 0.4) is 0 Å². The molecule has 0 unspecified atom stereocenters. The van der Waals surface area contributed by atoms with Gasteiger partial charge in [-0.2, -0.15) is 10.1 Å². The van der Waals surface area contributed by atoms with E-state index in [1.165, 1.54) is 5.01 Å². The lowest BCUT2D eigenvalue weighted by atomic mass is 9.91. The maximum atomic E-state index is 12.9. The average Bonchev–Trinajstić information content (AvgIpc) is 2.87. The summed E-state index contributed by atoms with van der Waals surface area (Å²) in [6, 6.07) is 7.62. The molecule has 5 heterocycles. The Labute approximate surface area is 161 Å². The minimum absolute atomic E-state index is 0.0285. The molecule has 5 aliphatic heterocycles. The molecular formula is C18H21BrN6O. The summed E-state index contributed by atoms with van der Waals surface area (Å²) in [7, 11) is 0. The van der Waals surface area contributed by atoms with Crippen LogP contribution in [0.4, 0.5) is 5.69 Å². The summed E-state index contributed by atoms with van der Waals surface area (Å²) in [6.07, 6.45) is 1.84. The third-order valence-electron chi connectivity index (χ3n) is 5.51. The number of amides is 1. The van der Waals surface area contributed by atoms with E-state index >= 15 is 0 Å². The Morgan fingerprint density at radius 1 is 1.12 bits per heavy atom. The molecule has 0 spiro atoms. The second-order valence-corrected chi connectivity index (χ2v) is 8.67. The van der Waals surface area contributed by atoms with Gasteiger partial charge < -0.3 is 0 Å². The molecule has 4 fully saturated rings. The number of carbonyl (C=O) groups excluding carboxylic acids is 1. The molecule has 8 heteroatoms. The van der Waals surface area contributed by atoms with Crippen LogP contribution < -0.4 is 5.01 Å². The molecule has 6 rings (SSSR count). The quantitative estimate of drug-likeness (QED) is 0.699. The first kappa shape index (κ1) is 16.6. The number of benzene rings is 1. The Bertz CT molecular complexity index is 769. The number of hydrogen-bond donors (Lipinski definition) is 0. The maximum Gasteiger partial charge on any atom is 0.261 e. The zero-order valence-corrected chi connectivity index (χ0v) is 16.3. The standard InChI is InChI=1S/C18H21BrN6O/c1-13-16(17(26)25(21-13)15-4-2-14(19)3-5-15)6-20-18-7-22-10-23(8-18)12-24(9-18)11-22/h2-6,16H,7-12H2,1H3/t16-/m0/s1. The predicted molar refractivity (Wildman–Crippen MR) is 104 cm³/mol. The zero-order chi connectivity index (χ0) is 17.9. The van der Waals surface area contributed by atoms with Gasteiger partial charge in [0.15, 0.2) is 0 Å². The molecule has 26 heavy (non-hydrogen) atoms. The normalized spacial score (nSPS) is 38.5. The van der Waals surface area contributed by atoms with Crippen molar-refractivity contribution in [1.29, 1.82) is 0 Å². The number of aliphatic imine (C=N–C) groups is 1. The first-order valence-electron chi connectivity index (χ1n) is 8.88. The molecule has 0 aromatic heterocycles. The van der Waals surface area contributed by atoms with Gasteiger partial charge in [0.1, 0.15) is 5.92 Å². The van der Waals surface area contributed by atoms with E-state index in [4.69, 9.17) is 4.99 Å². The number of anilines is 1. The highest BCUT2D eigenvalue weighted by Crippen LogP contribution is 2.32. The van der Waals surface area contributed by atoms with Gasteiger partial charge in [0, 0.05) is 30.3 Å². The van der Waals surface area contributed by atoms with Crippen LogP contribution in [0.15, 0.2) is 38.8 Å². The molecule has 4 saturated heterocycles. The fourth-order valence-electron chi connectivity index (χ4n) is 4.56. The summed E-state index contributed by atoms with van der Waals surface area (Å²) < 4.78 is 0.980. The lowest BCUT2D eigenvalue weighted by Gasteiger charge is -2.59. The predicted octanol–water partition coefficient (Wildman–Crippen LogP) is 1.42. The van der Waals surface area contributed by atoms with Gasteiger partial charge in [-0.1, -0.05) is 15.9 Å². The van der Waals surface area contributed by atoms with E-state index in [1.807, 2.05) is 37.4 Å². The van der Waals surface area contributed by atoms with Crippen LogP contribution in [0.25, 0.3) is 0 Å². The largest absolute Gasteiger partial charge is 0.286 e. The van der Waals surface area contributed by atoms with Crippen molar-refractivity contribution in [2.45, 2.75) is 12.5 Å². The molecule has 1 atom stereocenters. The van der Waals surface area contributed by atoms with Crippen LogP contribution in [0.1, 0.15) is 6.92 Å². The molecule has 7 nitrogen and oxygen atoms in total. The van der Waals surface area contributed by atoms with E-state index in [-0.39, 0.29) is 17.4 Å². The molecular weight excluding hydrogens is 396 g/mol. The van der Waals surface area contributed by atoms with E-state index < -0.39 is 0 Å². The molecule has 5 aliphatic rings. The summed E-state index contributed by atoms with van der Waals surface area (Å²) in [5, 5.41) is 5.97. The number of rotatable bonds is 3.